The van der Waals surface area contributed by atoms with E-state index in [-0.39, 0.29) is 0 Å². The first kappa shape index (κ1) is 15.8. The Hall–Kier alpha value is -3.40. The highest BCUT2D eigenvalue weighted by Crippen LogP contribution is 2.28. The number of nitrogens with zero attached hydrogens (tertiary/aromatic N) is 2. The Morgan fingerprint density at radius 2 is 1.81 bits per heavy atom. The minimum absolute atomic E-state index is 0.486. The van der Waals surface area contributed by atoms with Crippen LogP contribution in [0.5, 0.6) is 0 Å². The molecule has 5 aromatic rings. The van der Waals surface area contributed by atoms with Gasteiger partial charge in [-0.3, -0.25) is 4.98 Å². The molecule has 0 spiro atoms. The van der Waals surface area contributed by atoms with Crippen molar-refractivity contribution in [2.45, 2.75) is 19.8 Å². The summed E-state index contributed by atoms with van der Waals surface area (Å²) >= 11 is 0. The van der Waals surface area contributed by atoms with Gasteiger partial charge in [0.05, 0.1) is 11.8 Å². The van der Waals surface area contributed by atoms with Crippen LogP contribution in [0, 0.1) is 6.92 Å². The van der Waals surface area contributed by atoms with Crippen molar-refractivity contribution >= 4 is 38.6 Å². The van der Waals surface area contributed by atoms with Crippen LogP contribution >= 0.6 is 0 Å². The Bertz CT molecular complexity index is 1300. The number of rotatable bonds is 3. The van der Waals surface area contributed by atoms with Crippen molar-refractivity contribution in [3.05, 3.63) is 77.7 Å². The summed E-state index contributed by atoms with van der Waals surface area (Å²) in [5.74, 6) is 0.486. The lowest BCUT2D eigenvalue weighted by Crippen LogP contribution is -1.98. The number of nitrogen functional groups attached to an aromatic ring is 1. The lowest BCUT2D eigenvalue weighted by molar-refractivity contribution is 0.616. The zero-order valence-corrected chi connectivity index (χ0v) is 15.1. The summed E-state index contributed by atoms with van der Waals surface area (Å²) in [6.45, 7) is 2.06. The fourth-order valence-electron chi connectivity index (χ4n) is 3.66. The van der Waals surface area contributed by atoms with E-state index >= 15 is 0 Å². The smallest absolute Gasteiger partial charge is 0.150 e. The average molecular weight is 353 g/mol. The van der Waals surface area contributed by atoms with Crippen molar-refractivity contribution in [1.82, 2.24) is 9.97 Å². The topological polar surface area (TPSA) is 64.9 Å². The molecule has 0 saturated carbocycles. The Kier molecular flexibility index (Phi) is 3.57. The zero-order valence-electron chi connectivity index (χ0n) is 15.1. The molecule has 2 aromatic carbocycles. The molecule has 0 bridgehead atoms. The highest BCUT2D eigenvalue weighted by Gasteiger charge is 2.09. The van der Waals surface area contributed by atoms with E-state index < -0.39 is 0 Å². The molecular weight excluding hydrogens is 334 g/mol. The van der Waals surface area contributed by atoms with Gasteiger partial charge in [-0.1, -0.05) is 18.2 Å². The molecule has 0 fully saturated rings. The predicted molar refractivity (Wildman–Crippen MR) is 110 cm³/mol. The normalized spacial score (nSPS) is 11.6. The summed E-state index contributed by atoms with van der Waals surface area (Å²) in [6, 6.07) is 16.8. The van der Waals surface area contributed by atoms with Crippen molar-refractivity contribution < 1.29 is 4.42 Å². The summed E-state index contributed by atoms with van der Waals surface area (Å²) in [5.41, 5.74) is 12.4. The zero-order chi connectivity index (χ0) is 18.4. The first-order valence-electron chi connectivity index (χ1n) is 9.08. The van der Waals surface area contributed by atoms with E-state index in [0.717, 1.165) is 45.6 Å². The summed E-state index contributed by atoms with van der Waals surface area (Å²) < 4.78 is 5.42. The van der Waals surface area contributed by atoms with Crippen LogP contribution in [-0.2, 0) is 12.8 Å². The van der Waals surface area contributed by atoms with E-state index in [9.17, 15) is 0 Å². The Morgan fingerprint density at radius 3 is 2.74 bits per heavy atom. The highest BCUT2D eigenvalue weighted by molar-refractivity contribution is 6.08. The van der Waals surface area contributed by atoms with E-state index in [2.05, 4.69) is 53.3 Å². The molecule has 0 saturated heterocycles. The molecule has 0 amide bonds. The number of fused-ring (bicyclic) bond motifs is 4. The average Bonchev–Trinajstić information content (AvgIpc) is 3.14. The monoisotopic (exact) mass is 353 g/mol. The Labute approximate surface area is 156 Å². The minimum Gasteiger partial charge on any atom is -0.464 e. The van der Waals surface area contributed by atoms with E-state index in [1.807, 2.05) is 18.3 Å². The molecule has 0 unspecified atom stereocenters. The fraction of sp³-hybridized carbons (Fsp3) is 0.130. The molecule has 27 heavy (non-hydrogen) atoms. The van der Waals surface area contributed by atoms with Crippen LogP contribution in [0.1, 0.15) is 16.7 Å². The van der Waals surface area contributed by atoms with Gasteiger partial charge < -0.3 is 10.2 Å². The van der Waals surface area contributed by atoms with Crippen LogP contribution in [-0.4, -0.2) is 9.97 Å². The van der Waals surface area contributed by atoms with Crippen LogP contribution in [0.25, 0.3) is 32.8 Å². The van der Waals surface area contributed by atoms with Gasteiger partial charge in [0, 0.05) is 22.4 Å². The summed E-state index contributed by atoms with van der Waals surface area (Å²) in [6.07, 6.45) is 5.51. The first-order valence-corrected chi connectivity index (χ1v) is 9.08. The first-order chi connectivity index (χ1) is 13.2. The molecule has 0 radical (unpaired) electrons. The molecular formula is C23H19N3O. The summed E-state index contributed by atoms with van der Waals surface area (Å²) in [4.78, 5) is 9.12. The molecule has 4 nitrogen and oxygen atoms in total. The van der Waals surface area contributed by atoms with E-state index in [0.29, 0.717) is 5.82 Å². The van der Waals surface area contributed by atoms with Gasteiger partial charge in [-0.05, 0) is 66.8 Å². The van der Waals surface area contributed by atoms with Gasteiger partial charge in [0.25, 0.3) is 0 Å². The van der Waals surface area contributed by atoms with Crippen molar-refractivity contribution in [2.24, 2.45) is 0 Å². The lowest BCUT2D eigenvalue weighted by atomic mass is 10.0. The number of pyridine rings is 2. The molecule has 0 atom stereocenters. The third kappa shape index (κ3) is 2.79. The molecule has 2 N–H and O–H groups in total. The molecule has 0 aliphatic rings. The number of benzene rings is 2. The van der Waals surface area contributed by atoms with Crippen molar-refractivity contribution in [2.75, 3.05) is 5.73 Å². The van der Waals surface area contributed by atoms with E-state index in [1.54, 1.807) is 6.26 Å². The number of anilines is 1. The van der Waals surface area contributed by atoms with Crippen molar-refractivity contribution in [1.29, 1.82) is 0 Å². The number of hydrogen-bond acceptors (Lipinski definition) is 4. The fourth-order valence-corrected chi connectivity index (χ4v) is 3.66. The number of aryl methyl sites for hydroxylation is 3. The molecule has 5 rings (SSSR count). The van der Waals surface area contributed by atoms with Gasteiger partial charge in [0.1, 0.15) is 11.1 Å². The van der Waals surface area contributed by atoms with Crippen LogP contribution in [0.15, 0.2) is 65.4 Å². The van der Waals surface area contributed by atoms with Gasteiger partial charge in [0.2, 0.25) is 0 Å². The highest BCUT2D eigenvalue weighted by atomic mass is 16.3. The molecule has 3 heterocycles. The van der Waals surface area contributed by atoms with Crippen LogP contribution < -0.4 is 5.73 Å². The SMILES string of the molecule is Cc1ccc2c(c1)nc(N)c1ncc(CCc3ccc4occc4c3)cc12. The second-order valence-corrected chi connectivity index (χ2v) is 7.05. The lowest BCUT2D eigenvalue weighted by Gasteiger charge is -2.09. The van der Waals surface area contributed by atoms with Crippen molar-refractivity contribution in [3.63, 3.8) is 0 Å². The second-order valence-electron chi connectivity index (χ2n) is 7.05. The van der Waals surface area contributed by atoms with Gasteiger partial charge in [0.15, 0.2) is 5.82 Å². The van der Waals surface area contributed by atoms with E-state index in [1.165, 1.54) is 16.7 Å². The third-order valence-corrected chi connectivity index (χ3v) is 5.09. The van der Waals surface area contributed by atoms with Crippen molar-refractivity contribution in [3.8, 4) is 0 Å². The standard InChI is InChI=1S/C23H19N3O/c1-14-2-6-18-19-12-16(13-25-22(19)23(24)26-20(18)10-14)4-3-15-5-7-21-17(11-15)8-9-27-21/h2,5-13H,3-4H2,1H3,(H2,24,26). The maximum atomic E-state index is 6.15. The number of hydrogen-bond donors (Lipinski definition) is 1. The van der Waals surface area contributed by atoms with Crippen LogP contribution in [0.2, 0.25) is 0 Å². The third-order valence-electron chi connectivity index (χ3n) is 5.09. The molecule has 0 aliphatic heterocycles. The number of nitrogens with two attached hydrogens (primary N) is 1. The summed E-state index contributed by atoms with van der Waals surface area (Å²) in [5, 5.41) is 3.31. The maximum absolute atomic E-state index is 6.15. The minimum atomic E-state index is 0.486. The quantitative estimate of drug-likeness (QED) is 0.453. The maximum Gasteiger partial charge on any atom is 0.150 e. The Morgan fingerprint density at radius 1 is 0.926 bits per heavy atom. The van der Waals surface area contributed by atoms with Crippen LogP contribution in [0.3, 0.4) is 0 Å². The Balaban J connectivity index is 1.52. The molecule has 132 valence electrons. The van der Waals surface area contributed by atoms with Gasteiger partial charge in [-0.25, -0.2) is 4.98 Å². The largest absolute Gasteiger partial charge is 0.464 e. The van der Waals surface area contributed by atoms with Crippen LogP contribution in [0.4, 0.5) is 5.82 Å². The second kappa shape index (κ2) is 6.09. The van der Waals surface area contributed by atoms with Gasteiger partial charge >= 0.3 is 0 Å². The molecule has 3 aromatic heterocycles. The number of aromatic nitrogens is 2. The summed E-state index contributed by atoms with van der Waals surface area (Å²) in [7, 11) is 0. The van der Waals surface area contributed by atoms with E-state index in [4.69, 9.17) is 10.2 Å². The van der Waals surface area contributed by atoms with Gasteiger partial charge in [-0.15, -0.1) is 0 Å². The molecule has 4 heteroatoms. The molecule has 0 aliphatic carbocycles. The predicted octanol–water partition coefficient (Wildman–Crippen LogP) is 5.21. The number of furan rings is 1. The van der Waals surface area contributed by atoms with Gasteiger partial charge in [-0.2, -0.15) is 0 Å².